The Balaban J connectivity index is 0.992. The lowest BCUT2D eigenvalue weighted by molar-refractivity contribution is -0.0398. The average molecular weight is 1700 g/mol. The van der Waals surface area contributed by atoms with Gasteiger partial charge in [0.25, 0.3) is 0 Å². The number of hydrogen-bond donors (Lipinski definition) is 3. The Morgan fingerprint density at radius 1 is 0.361 bits per heavy atom. The number of hydrogen-bond acceptors (Lipinski definition) is 22. The highest BCUT2D eigenvalue weighted by molar-refractivity contribution is 7.99. The van der Waals surface area contributed by atoms with E-state index in [1.54, 1.807) is 56.6 Å². The first-order chi connectivity index (χ1) is 57.0. The Hall–Kier alpha value is -7.42. The zero-order valence-corrected chi connectivity index (χ0v) is 77.3. The molecule has 0 aliphatic carbocycles. The Morgan fingerprint density at radius 3 is 0.882 bits per heavy atom. The summed E-state index contributed by atoms with van der Waals surface area (Å²) in [5, 5.41) is 0. The van der Waals surface area contributed by atoms with Gasteiger partial charge in [0, 0.05) is 34.3 Å². The summed E-state index contributed by atoms with van der Waals surface area (Å²) in [6.07, 6.45) is 10.0. The van der Waals surface area contributed by atoms with E-state index in [0.717, 1.165) is 154 Å². The SMILES string of the molecule is COc1cccc(CCc2ccccc2OC[C@H](CN(C)C)OCc2c(C(C)(C)NOP(=O)(ONC(C)(C)c3ccc(SC)c(C)c3CO[C@H](COc3ccccc3CCc3cccc(OC)c3)CN(C)C)ONC(C)(C)c3ccc(SC)c(C)c3CO[C@H](COc3ccccc3CCc3cccc(OC)c3)CN(C)C)ccc(SC)c2C)c1. The van der Waals surface area contributed by atoms with E-state index in [1.807, 2.05) is 157 Å². The van der Waals surface area contributed by atoms with Crippen molar-refractivity contribution in [3.63, 3.8) is 0 Å². The fourth-order valence-corrected chi connectivity index (χ4v) is 17.7. The summed E-state index contributed by atoms with van der Waals surface area (Å²) in [4.78, 5) is 9.58. The number of hydroxylamine groups is 3. The van der Waals surface area contributed by atoms with Crippen molar-refractivity contribution < 1.29 is 61.1 Å². The topological polar surface area (TPSA) is 174 Å². The Bertz CT molecular complexity index is 4280. The highest BCUT2D eigenvalue weighted by Crippen LogP contribution is 2.50. The van der Waals surface area contributed by atoms with Crippen LogP contribution in [0.5, 0.6) is 34.5 Å². The molecular weight excluding hydrogens is 1570 g/mol. The van der Waals surface area contributed by atoms with Crippen LogP contribution in [0.2, 0.25) is 0 Å². The van der Waals surface area contributed by atoms with Crippen molar-refractivity contribution in [1.29, 1.82) is 0 Å². The van der Waals surface area contributed by atoms with Crippen molar-refractivity contribution in [3.05, 3.63) is 265 Å². The van der Waals surface area contributed by atoms with Gasteiger partial charge in [0.1, 0.15) is 72.6 Å². The predicted molar refractivity (Wildman–Crippen MR) is 487 cm³/mol. The van der Waals surface area contributed by atoms with Crippen LogP contribution in [0.3, 0.4) is 0 Å². The van der Waals surface area contributed by atoms with Crippen LogP contribution in [-0.4, -0.2) is 155 Å². The quantitative estimate of drug-likeness (QED) is 0.0186. The molecule has 0 radical (unpaired) electrons. The van der Waals surface area contributed by atoms with Crippen LogP contribution in [0.15, 0.2) is 197 Å². The maximum atomic E-state index is 16.4. The van der Waals surface area contributed by atoms with Crippen LogP contribution in [0.4, 0.5) is 0 Å². The summed E-state index contributed by atoms with van der Waals surface area (Å²) in [5.41, 5.74) is 21.8. The monoisotopic (exact) mass is 1700 g/mol. The van der Waals surface area contributed by atoms with Crippen molar-refractivity contribution in [2.75, 3.05) is 122 Å². The summed E-state index contributed by atoms with van der Waals surface area (Å²) in [5.74, 6) is 4.94. The molecule has 0 aliphatic heterocycles. The van der Waals surface area contributed by atoms with E-state index >= 15 is 4.57 Å². The van der Waals surface area contributed by atoms with Gasteiger partial charge in [0.15, 0.2) is 0 Å². The van der Waals surface area contributed by atoms with Crippen LogP contribution in [-0.2, 0) is 108 Å². The molecule has 0 spiro atoms. The molecule has 9 aromatic carbocycles. The largest absolute Gasteiger partial charge is 0.524 e. The van der Waals surface area contributed by atoms with Crippen LogP contribution in [0, 0.1) is 20.8 Å². The molecule has 0 saturated heterocycles. The highest BCUT2D eigenvalue weighted by Gasteiger charge is 2.40. The first-order valence-electron chi connectivity index (χ1n) is 40.8. The summed E-state index contributed by atoms with van der Waals surface area (Å²) >= 11 is 4.98. The molecule has 0 bridgehead atoms. The van der Waals surface area contributed by atoms with E-state index in [9.17, 15) is 0 Å². The Kier molecular flexibility index (Phi) is 37.0. The molecule has 9 rings (SSSR count). The number of nitrogens with one attached hydrogen (secondary N) is 3. The molecule has 3 atom stereocenters. The summed E-state index contributed by atoms with van der Waals surface area (Å²) in [7, 11) is 12.4. The van der Waals surface area contributed by atoms with Gasteiger partial charge in [0.05, 0.1) is 57.8 Å². The van der Waals surface area contributed by atoms with Crippen molar-refractivity contribution in [2.24, 2.45) is 0 Å². The number of ether oxygens (including phenoxy) is 9. The number of thioether (sulfide) groups is 3. The fraction of sp³-hybridized carbons (Fsp3) is 0.438. The van der Waals surface area contributed by atoms with Gasteiger partial charge in [-0.25, -0.2) is 4.57 Å². The minimum atomic E-state index is -4.87. The maximum absolute atomic E-state index is 16.4. The van der Waals surface area contributed by atoms with E-state index in [0.29, 0.717) is 39.5 Å². The average Bonchev–Trinajstić information content (AvgIpc) is 0.787. The molecule has 9 aromatic rings. The zero-order valence-electron chi connectivity index (χ0n) is 74.0. The first-order valence-corrected chi connectivity index (χ1v) is 45.9. The summed E-state index contributed by atoms with van der Waals surface area (Å²) in [6, 6.07) is 61.8. The molecule has 0 fully saturated rings. The Morgan fingerprint density at radius 2 is 0.630 bits per heavy atom. The molecule has 0 saturated carbocycles. The van der Waals surface area contributed by atoms with Gasteiger partial charge >= 0.3 is 7.82 Å². The lowest BCUT2D eigenvalue weighted by atomic mass is 9.88. The molecule has 0 heterocycles. The van der Waals surface area contributed by atoms with E-state index in [2.05, 4.69) is 180 Å². The predicted octanol–water partition coefficient (Wildman–Crippen LogP) is 19.5. The lowest BCUT2D eigenvalue weighted by Crippen LogP contribution is -2.43. The fourth-order valence-electron chi connectivity index (χ4n) is 14.6. The minimum absolute atomic E-state index is 0.225. The third-order valence-corrected chi connectivity index (χ3v) is 24.9. The van der Waals surface area contributed by atoms with Crippen molar-refractivity contribution >= 4 is 43.1 Å². The van der Waals surface area contributed by atoms with Crippen LogP contribution in [0.25, 0.3) is 0 Å². The number of likely N-dealkylation sites (N-methyl/N-ethyl adjacent to an activating group) is 3. The van der Waals surface area contributed by atoms with Gasteiger partial charge < -0.3 is 57.3 Å². The molecule has 0 unspecified atom stereocenters. The van der Waals surface area contributed by atoms with Gasteiger partial charge in [0.2, 0.25) is 0 Å². The molecular formula is C96H129N6O13PS3. The molecule has 119 heavy (non-hydrogen) atoms. The summed E-state index contributed by atoms with van der Waals surface area (Å²) in [6.45, 7) is 21.6. The highest BCUT2D eigenvalue weighted by atomic mass is 32.2. The second-order valence-corrected chi connectivity index (χ2v) is 36.5. The van der Waals surface area contributed by atoms with Crippen molar-refractivity contribution in [3.8, 4) is 34.5 Å². The number of benzene rings is 9. The molecule has 19 nitrogen and oxygen atoms in total. The second-order valence-electron chi connectivity index (χ2n) is 32.6. The van der Waals surface area contributed by atoms with E-state index < -0.39 is 24.4 Å². The van der Waals surface area contributed by atoms with Gasteiger partial charge in [-0.05, 0) is 318 Å². The molecule has 644 valence electrons. The molecule has 3 N–H and O–H groups in total. The number of nitrogens with zero attached hydrogens (tertiary/aromatic N) is 3. The number of methoxy groups -OCH3 is 3. The smallest absolute Gasteiger partial charge is 0.497 e. The first kappa shape index (κ1) is 95.4. The number of para-hydroxylation sites is 3. The molecule has 23 heteroatoms. The number of aryl methyl sites for hydroxylation is 6. The van der Waals surface area contributed by atoms with Crippen LogP contribution in [0.1, 0.15) is 125 Å². The molecule has 0 aromatic heterocycles. The molecule has 0 amide bonds. The standard InChI is InChI=1S/C96H129N6O13PS3/c1-67-82(64-107-79(58-100(10)11)61-110-88-40-25-22-34-73(88)46-43-70-31-28-37-76(55-70)104-16)85(49-52-91(67)117-19)94(4,5)97-113-116(103,114-98-95(6,7)86-50-53-92(118-20)68(2)83(86)65-108-80(59-101(12)13)62-111-89-41-26-23-35-74(89)47-44-71-32-29-38-77(56-71)105-17)115-99-96(8,9)87-51-54-93(119-21)69(3)84(87)66-109-81(60-102(14)15)63-112-90-42-27-24-36-75(90)48-45-72-33-30-39-78(57-72)106-18/h22-42,49-57,79-81,97-99H,43-48,58-66H2,1-21H3/t79-,80-,81-/m0/s1. The Labute approximate surface area is 722 Å². The number of phosphoric acid groups is 1. The van der Waals surface area contributed by atoms with Crippen LogP contribution >= 0.6 is 43.1 Å². The second kappa shape index (κ2) is 46.2. The summed E-state index contributed by atoms with van der Waals surface area (Å²) < 4.78 is 94.0. The van der Waals surface area contributed by atoms with E-state index in [1.165, 1.54) is 16.7 Å². The van der Waals surface area contributed by atoms with Gasteiger partial charge in [-0.2, -0.15) is 30.3 Å². The van der Waals surface area contributed by atoms with Crippen molar-refractivity contribution in [1.82, 2.24) is 31.1 Å². The normalized spacial score (nSPS) is 13.0. The zero-order chi connectivity index (χ0) is 85.9. The number of rotatable bonds is 51. The van der Waals surface area contributed by atoms with Crippen molar-refractivity contribution in [2.45, 2.75) is 170 Å². The third-order valence-electron chi connectivity index (χ3n) is 21.3. The third kappa shape index (κ3) is 28.3. The van der Waals surface area contributed by atoms with E-state index in [-0.39, 0.29) is 38.1 Å². The van der Waals surface area contributed by atoms with Gasteiger partial charge in [-0.15, -0.1) is 35.3 Å². The van der Waals surface area contributed by atoms with E-state index in [4.69, 9.17) is 56.5 Å². The lowest BCUT2D eigenvalue weighted by Gasteiger charge is -2.35. The maximum Gasteiger partial charge on any atom is 0.524 e. The minimum Gasteiger partial charge on any atom is -0.497 e. The van der Waals surface area contributed by atoms with Crippen LogP contribution < -0.4 is 44.9 Å². The molecule has 0 aliphatic rings. The van der Waals surface area contributed by atoms with Gasteiger partial charge in [-0.1, -0.05) is 109 Å². The van der Waals surface area contributed by atoms with Gasteiger partial charge in [-0.3, -0.25) is 0 Å².